The van der Waals surface area contributed by atoms with E-state index in [2.05, 4.69) is 0 Å². The number of nitrogens with zero attached hydrogens (tertiary/aromatic N) is 1. The molecule has 0 radical (unpaired) electrons. The molecule has 1 saturated heterocycles. The Balaban J connectivity index is 2.58. The van der Waals surface area contributed by atoms with E-state index in [4.69, 9.17) is 5.11 Å². The number of amides is 1. The zero-order valence-electron chi connectivity index (χ0n) is 7.56. The van der Waals surface area contributed by atoms with Gasteiger partial charge in [0.2, 0.25) is 5.91 Å². The van der Waals surface area contributed by atoms with Gasteiger partial charge in [-0.05, 0) is 12.8 Å². The SMILES string of the molecule is CC(=O)N1CCCC1/C=C/C(=O)O. The van der Waals surface area contributed by atoms with Gasteiger partial charge in [-0.3, -0.25) is 4.79 Å². The van der Waals surface area contributed by atoms with Gasteiger partial charge in [0.15, 0.2) is 0 Å². The molecule has 1 N–H and O–H groups in total. The third kappa shape index (κ3) is 2.57. The van der Waals surface area contributed by atoms with Gasteiger partial charge < -0.3 is 10.0 Å². The van der Waals surface area contributed by atoms with Crippen molar-refractivity contribution < 1.29 is 14.7 Å². The molecule has 0 aromatic heterocycles. The van der Waals surface area contributed by atoms with Crippen molar-refractivity contribution >= 4 is 11.9 Å². The van der Waals surface area contributed by atoms with Crippen molar-refractivity contribution in [3.05, 3.63) is 12.2 Å². The second-order valence-corrected chi connectivity index (χ2v) is 3.12. The van der Waals surface area contributed by atoms with Crippen molar-refractivity contribution in [1.29, 1.82) is 0 Å². The molecule has 13 heavy (non-hydrogen) atoms. The van der Waals surface area contributed by atoms with E-state index in [0.29, 0.717) is 0 Å². The largest absolute Gasteiger partial charge is 0.478 e. The van der Waals surface area contributed by atoms with Crippen molar-refractivity contribution in [2.75, 3.05) is 6.54 Å². The first-order valence-corrected chi connectivity index (χ1v) is 4.29. The molecule has 4 nitrogen and oxygen atoms in total. The molecule has 1 rings (SSSR count). The molecule has 0 aromatic carbocycles. The fraction of sp³-hybridized carbons (Fsp3) is 0.556. The molecule has 0 bridgehead atoms. The third-order valence-corrected chi connectivity index (χ3v) is 2.16. The Kier molecular flexibility index (Phi) is 3.06. The highest BCUT2D eigenvalue weighted by atomic mass is 16.4. The van der Waals surface area contributed by atoms with Crippen LogP contribution >= 0.6 is 0 Å². The molecule has 1 aliphatic heterocycles. The Hall–Kier alpha value is -1.32. The maximum Gasteiger partial charge on any atom is 0.328 e. The fourth-order valence-electron chi connectivity index (χ4n) is 1.58. The molecule has 1 amide bonds. The standard InChI is InChI=1S/C9H13NO3/c1-7(11)10-6-2-3-8(10)4-5-9(12)13/h4-5,8H,2-3,6H2,1H3,(H,12,13)/b5-4+. The number of carbonyl (C=O) groups is 2. The number of aliphatic carboxylic acids is 1. The summed E-state index contributed by atoms with van der Waals surface area (Å²) in [5, 5.41) is 8.41. The smallest absolute Gasteiger partial charge is 0.328 e. The molecule has 0 aromatic rings. The van der Waals surface area contributed by atoms with Crippen molar-refractivity contribution in [2.45, 2.75) is 25.8 Å². The summed E-state index contributed by atoms with van der Waals surface area (Å²) in [6.07, 6.45) is 4.50. The van der Waals surface area contributed by atoms with Crippen molar-refractivity contribution in [1.82, 2.24) is 4.90 Å². The van der Waals surface area contributed by atoms with Gasteiger partial charge in [-0.2, -0.15) is 0 Å². The van der Waals surface area contributed by atoms with Crippen LogP contribution in [-0.4, -0.2) is 34.5 Å². The maximum absolute atomic E-state index is 11.0. The van der Waals surface area contributed by atoms with Crippen LogP contribution in [0.5, 0.6) is 0 Å². The predicted octanol–water partition coefficient (Wildman–Crippen LogP) is 0.638. The number of hydrogen-bond acceptors (Lipinski definition) is 2. The predicted molar refractivity (Wildman–Crippen MR) is 47.2 cm³/mol. The topological polar surface area (TPSA) is 57.6 Å². The van der Waals surface area contributed by atoms with E-state index < -0.39 is 5.97 Å². The lowest BCUT2D eigenvalue weighted by atomic mass is 10.2. The van der Waals surface area contributed by atoms with Gasteiger partial charge in [-0.15, -0.1) is 0 Å². The van der Waals surface area contributed by atoms with Crippen LogP contribution in [0, 0.1) is 0 Å². The lowest BCUT2D eigenvalue weighted by Crippen LogP contribution is -2.32. The molecule has 0 aliphatic carbocycles. The fourth-order valence-corrected chi connectivity index (χ4v) is 1.58. The third-order valence-electron chi connectivity index (χ3n) is 2.16. The van der Waals surface area contributed by atoms with Gasteiger partial charge in [0.25, 0.3) is 0 Å². The first-order valence-electron chi connectivity index (χ1n) is 4.29. The van der Waals surface area contributed by atoms with Crippen molar-refractivity contribution in [2.24, 2.45) is 0 Å². The van der Waals surface area contributed by atoms with E-state index in [0.717, 1.165) is 25.5 Å². The number of rotatable bonds is 2. The maximum atomic E-state index is 11.0. The van der Waals surface area contributed by atoms with Gasteiger partial charge in [0.1, 0.15) is 0 Å². The second-order valence-electron chi connectivity index (χ2n) is 3.12. The van der Waals surface area contributed by atoms with Crippen LogP contribution in [-0.2, 0) is 9.59 Å². The number of carbonyl (C=O) groups excluding carboxylic acids is 1. The monoisotopic (exact) mass is 183 g/mol. The molecular formula is C9H13NO3. The highest BCUT2D eigenvalue weighted by Gasteiger charge is 2.23. The Morgan fingerprint density at radius 3 is 2.77 bits per heavy atom. The minimum Gasteiger partial charge on any atom is -0.478 e. The van der Waals surface area contributed by atoms with E-state index in [-0.39, 0.29) is 11.9 Å². The van der Waals surface area contributed by atoms with Gasteiger partial charge in [-0.1, -0.05) is 6.08 Å². The number of carboxylic acids is 1. The molecule has 1 atom stereocenters. The van der Waals surface area contributed by atoms with Gasteiger partial charge in [-0.25, -0.2) is 4.79 Å². The first kappa shape index (κ1) is 9.77. The summed E-state index contributed by atoms with van der Waals surface area (Å²) >= 11 is 0. The Bertz CT molecular complexity index is 247. The summed E-state index contributed by atoms with van der Waals surface area (Å²) in [7, 11) is 0. The van der Waals surface area contributed by atoms with Crippen LogP contribution in [0.3, 0.4) is 0 Å². The summed E-state index contributed by atoms with van der Waals surface area (Å²) in [5.41, 5.74) is 0. The minimum atomic E-state index is -0.963. The van der Waals surface area contributed by atoms with Crippen LogP contribution in [0.2, 0.25) is 0 Å². The number of hydrogen-bond donors (Lipinski definition) is 1. The van der Waals surface area contributed by atoms with Crippen LogP contribution in [0.4, 0.5) is 0 Å². The summed E-state index contributed by atoms with van der Waals surface area (Å²) in [6, 6.07) is -0.0198. The van der Waals surface area contributed by atoms with Gasteiger partial charge >= 0.3 is 5.97 Å². The average Bonchev–Trinajstić information content (AvgIpc) is 2.47. The van der Waals surface area contributed by atoms with Crippen molar-refractivity contribution in [3.8, 4) is 0 Å². The highest BCUT2D eigenvalue weighted by molar-refractivity contribution is 5.80. The Morgan fingerprint density at radius 1 is 1.54 bits per heavy atom. The van der Waals surface area contributed by atoms with E-state index in [1.165, 1.54) is 6.92 Å². The van der Waals surface area contributed by atoms with E-state index in [1.807, 2.05) is 0 Å². The summed E-state index contributed by atoms with van der Waals surface area (Å²) in [4.78, 5) is 23.0. The van der Waals surface area contributed by atoms with E-state index in [9.17, 15) is 9.59 Å². The van der Waals surface area contributed by atoms with Crippen molar-refractivity contribution in [3.63, 3.8) is 0 Å². The summed E-state index contributed by atoms with van der Waals surface area (Å²) < 4.78 is 0. The lowest BCUT2D eigenvalue weighted by Gasteiger charge is -2.19. The number of likely N-dealkylation sites (tertiary alicyclic amines) is 1. The molecule has 4 heteroatoms. The van der Waals surface area contributed by atoms with E-state index >= 15 is 0 Å². The van der Waals surface area contributed by atoms with E-state index in [1.54, 1.807) is 11.0 Å². The quantitative estimate of drug-likeness (QED) is 0.639. The molecule has 0 spiro atoms. The molecule has 1 aliphatic rings. The molecule has 72 valence electrons. The van der Waals surface area contributed by atoms with Crippen LogP contribution < -0.4 is 0 Å². The number of carboxylic acid groups (broad SMARTS) is 1. The second kappa shape index (κ2) is 4.07. The molecular weight excluding hydrogens is 170 g/mol. The van der Waals surface area contributed by atoms with Crippen LogP contribution in [0.25, 0.3) is 0 Å². The molecule has 1 heterocycles. The Labute approximate surface area is 76.8 Å². The Morgan fingerprint density at radius 2 is 2.23 bits per heavy atom. The lowest BCUT2D eigenvalue weighted by molar-refractivity contribution is -0.132. The molecule has 0 saturated carbocycles. The first-order chi connectivity index (χ1) is 6.11. The zero-order chi connectivity index (χ0) is 9.84. The normalized spacial score (nSPS) is 22.5. The summed E-state index contributed by atoms with van der Waals surface area (Å²) in [6.45, 7) is 2.25. The van der Waals surface area contributed by atoms with Gasteiger partial charge in [0, 0.05) is 19.5 Å². The van der Waals surface area contributed by atoms with Gasteiger partial charge in [0.05, 0.1) is 6.04 Å². The average molecular weight is 183 g/mol. The minimum absolute atomic E-state index is 0.0116. The highest BCUT2D eigenvalue weighted by Crippen LogP contribution is 2.17. The zero-order valence-corrected chi connectivity index (χ0v) is 7.56. The summed E-state index contributed by atoms with van der Waals surface area (Å²) in [5.74, 6) is -0.951. The van der Waals surface area contributed by atoms with Crippen LogP contribution in [0.15, 0.2) is 12.2 Å². The molecule has 1 fully saturated rings. The molecule has 1 unspecified atom stereocenters. The van der Waals surface area contributed by atoms with Crippen LogP contribution in [0.1, 0.15) is 19.8 Å².